The molecule has 0 spiro atoms. The molecular weight excluding hydrogens is 451 g/mol. The molecule has 3 aromatic rings. The average molecular weight is 475 g/mol. The van der Waals surface area contributed by atoms with E-state index < -0.39 is 10.0 Å². The van der Waals surface area contributed by atoms with Gasteiger partial charge < -0.3 is 4.90 Å². The van der Waals surface area contributed by atoms with Crippen LogP contribution in [-0.2, 0) is 14.8 Å². The van der Waals surface area contributed by atoms with E-state index >= 15 is 0 Å². The highest BCUT2D eigenvalue weighted by atomic mass is 32.2. The van der Waals surface area contributed by atoms with E-state index in [0.29, 0.717) is 17.3 Å². The molecule has 0 bridgehead atoms. The summed E-state index contributed by atoms with van der Waals surface area (Å²) in [5, 5.41) is 6.24. The van der Waals surface area contributed by atoms with Gasteiger partial charge in [0.2, 0.25) is 5.91 Å². The van der Waals surface area contributed by atoms with E-state index in [9.17, 15) is 17.6 Å². The monoisotopic (exact) mass is 474 g/mol. The Morgan fingerprint density at radius 3 is 2.41 bits per heavy atom. The minimum absolute atomic E-state index is 0.175. The van der Waals surface area contributed by atoms with Crippen LogP contribution in [0.5, 0.6) is 0 Å². The van der Waals surface area contributed by atoms with Crippen LogP contribution in [0.1, 0.15) is 17.0 Å². The Labute approximate surface area is 190 Å². The lowest BCUT2D eigenvalue weighted by atomic mass is 10.1. The summed E-state index contributed by atoms with van der Waals surface area (Å²) in [4.78, 5) is 14.3. The summed E-state index contributed by atoms with van der Waals surface area (Å²) in [5.41, 5.74) is 3.15. The molecule has 1 amide bonds. The first kappa shape index (κ1) is 22.4. The van der Waals surface area contributed by atoms with Crippen molar-refractivity contribution in [1.82, 2.24) is 19.0 Å². The number of aromatic nitrogens is 2. The number of sulfonamides is 1. The normalized spacial score (nSPS) is 15.5. The summed E-state index contributed by atoms with van der Waals surface area (Å²) in [7, 11) is -3.50. The largest absolute Gasteiger partial charge is 0.337 e. The Bertz CT molecular complexity index is 1240. The summed E-state index contributed by atoms with van der Waals surface area (Å²) in [6.45, 7) is 4.94. The van der Waals surface area contributed by atoms with Gasteiger partial charge in [-0.05, 0) is 55.6 Å². The Morgan fingerprint density at radius 1 is 1.09 bits per heavy atom. The first-order valence-corrected chi connectivity index (χ1v) is 12.4. The maximum absolute atomic E-state index is 13.2. The molecule has 0 aliphatic carbocycles. The fourth-order valence-corrected chi connectivity index (χ4v) is 6.24. The van der Waals surface area contributed by atoms with E-state index in [0.717, 1.165) is 22.6 Å². The van der Waals surface area contributed by atoms with Crippen LogP contribution in [0.3, 0.4) is 0 Å². The SMILES string of the molecule is Cc1nn(-c2ccc(F)cc2)c(C)c1C=CC(=O)N1CCN(S(=O)(=O)c2cccs2)CC1. The Hall–Kier alpha value is -2.82. The summed E-state index contributed by atoms with van der Waals surface area (Å²) >= 11 is 1.19. The van der Waals surface area contributed by atoms with Crippen molar-refractivity contribution in [1.29, 1.82) is 0 Å². The number of nitrogens with zero attached hydrogens (tertiary/aromatic N) is 4. The smallest absolute Gasteiger partial charge is 0.252 e. The average Bonchev–Trinajstić information content (AvgIpc) is 3.42. The molecule has 1 aliphatic heterocycles. The maximum atomic E-state index is 13.2. The molecule has 7 nitrogen and oxygen atoms in total. The van der Waals surface area contributed by atoms with Crippen LogP contribution in [0, 0.1) is 19.7 Å². The van der Waals surface area contributed by atoms with Gasteiger partial charge in [-0.25, -0.2) is 17.5 Å². The predicted octanol–water partition coefficient (Wildman–Crippen LogP) is 3.24. The fourth-order valence-electron chi connectivity index (χ4n) is 3.68. The number of amides is 1. The van der Waals surface area contributed by atoms with Gasteiger partial charge in [0.1, 0.15) is 10.0 Å². The molecule has 32 heavy (non-hydrogen) atoms. The zero-order valence-electron chi connectivity index (χ0n) is 17.7. The van der Waals surface area contributed by atoms with Crippen LogP contribution in [-0.4, -0.2) is 59.5 Å². The first-order chi connectivity index (χ1) is 15.3. The molecule has 0 unspecified atom stereocenters. The summed E-state index contributed by atoms with van der Waals surface area (Å²) < 4.78 is 42.0. The number of carbonyl (C=O) groups excluding carboxylic acids is 1. The fraction of sp³-hybridized carbons (Fsp3) is 0.273. The zero-order chi connectivity index (χ0) is 22.9. The quantitative estimate of drug-likeness (QED) is 0.532. The highest BCUT2D eigenvalue weighted by Gasteiger charge is 2.30. The molecule has 1 aromatic carbocycles. The summed E-state index contributed by atoms with van der Waals surface area (Å²) in [6, 6.07) is 9.36. The molecule has 1 saturated heterocycles. The van der Waals surface area contributed by atoms with Gasteiger partial charge in [-0.3, -0.25) is 4.79 Å². The van der Waals surface area contributed by atoms with Crippen LogP contribution >= 0.6 is 11.3 Å². The lowest BCUT2D eigenvalue weighted by Crippen LogP contribution is -2.50. The van der Waals surface area contributed by atoms with Gasteiger partial charge in [-0.15, -0.1) is 11.3 Å². The maximum Gasteiger partial charge on any atom is 0.252 e. The molecule has 2 aromatic heterocycles. The Balaban J connectivity index is 1.43. The van der Waals surface area contributed by atoms with E-state index in [2.05, 4.69) is 5.10 Å². The van der Waals surface area contributed by atoms with Crippen LogP contribution in [0.2, 0.25) is 0 Å². The highest BCUT2D eigenvalue weighted by Crippen LogP contribution is 2.23. The standard InChI is InChI=1S/C22H23FN4O3S2/c1-16-20(17(2)27(24-16)19-7-5-18(23)6-8-19)9-10-21(28)25-11-13-26(14-12-25)32(29,30)22-4-3-15-31-22/h3-10,15H,11-14H2,1-2H3. The molecule has 0 radical (unpaired) electrons. The second-order valence-corrected chi connectivity index (χ2v) is 10.6. The van der Waals surface area contributed by atoms with Gasteiger partial charge in [0.15, 0.2) is 0 Å². The number of benzene rings is 1. The van der Waals surface area contributed by atoms with Gasteiger partial charge in [-0.2, -0.15) is 9.40 Å². The van der Waals surface area contributed by atoms with Crippen LogP contribution in [0.4, 0.5) is 4.39 Å². The van der Waals surface area contributed by atoms with Crippen LogP contribution in [0.15, 0.2) is 52.1 Å². The molecule has 0 atom stereocenters. The number of rotatable bonds is 5. The van der Waals surface area contributed by atoms with E-state index in [1.54, 1.807) is 45.3 Å². The number of hydrogen-bond donors (Lipinski definition) is 0. The molecule has 0 N–H and O–H groups in total. The molecule has 168 valence electrons. The second-order valence-electron chi connectivity index (χ2n) is 7.47. The van der Waals surface area contributed by atoms with Gasteiger partial charge in [0, 0.05) is 43.5 Å². The topological polar surface area (TPSA) is 75.5 Å². The molecular formula is C22H23FN4O3S2. The molecule has 1 aliphatic rings. The molecule has 3 heterocycles. The highest BCUT2D eigenvalue weighted by molar-refractivity contribution is 7.91. The van der Waals surface area contributed by atoms with Crippen molar-refractivity contribution >= 4 is 33.3 Å². The third-order valence-electron chi connectivity index (χ3n) is 5.45. The minimum Gasteiger partial charge on any atom is -0.337 e. The van der Waals surface area contributed by atoms with Crippen molar-refractivity contribution in [2.75, 3.05) is 26.2 Å². The third kappa shape index (κ3) is 4.38. The van der Waals surface area contributed by atoms with Crippen molar-refractivity contribution in [3.8, 4) is 5.69 Å². The van der Waals surface area contributed by atoms with Crippen molar-refractivity contribution in [3.63, 3.8) is 0 Å². The third-order valence-corrected chi connectivity index (χ3v) is 8.72. The second kappa shape index (κ2) is 8.97. The van der Waals surface area contributed by atoms with Gasteiger partial charge in [-0.1, -0.05) is 6.07 Å². The lowest BCUT2D eigenvalue weighted by molar-refractivity contribution is -0.127. The number of aryl methyl sites for hydroxylation is 1. The van der Waals surface area contributed by atoms with Crippen molar-refractivity contribution in [2.45, 2.75) is 18.1 Å². The molecule has 1 fully saturated rings. The number of thiophene rings is 1. The Kier molecular flexibility index (Phi) is 6.27. The van der Waals surface area contributed by atoms with Gasteiger partial charge in [0.25, 0.3) is 10.0 Å². The summed E-state index contributed by atoms with van der Waals surface area (Å²) in [5.74, 6) is -0.490. The number of carbonyl (C=O) groups is 1. The number of piperazine rings is 1. The van der Waals surface area contributed by atoms with Crippen LogP contribution < -0.4 is 0 Å². The van der Waals surface area contributed by atoms with Crippen LogP contribution in [0.25, 0.3) is 11.8 Å². The first-order valence-electron chi connectivity index (χ1n) is 10.1. The number of hydrogen-bond acceptors (Lipinski definition) is 5. The van der Waals surface area contributed by atoms with E-state index in [4.69, 9.17) is 0 Å². The molecule has 4 rings (SSSR count). The van der Waals surface area contributed by atoms with E-state index in [1.165, 1.54) is 33.9 Å². The molecule has 10 heteroatoms. The van der Waals surface area contributed by atoms with Gasteiger partial charge in [0.05, 0.1) is 11.4 Å². The minimum atomic E-state index is -3.50. The van der Waals surface area contributed by atoms with Gasteiger partial charge >= 0.3 is 0 Å². The zero-order valence-corrected chi connectivity index (χ0v) is 19.4. The van der Waals surface area contributed by atoms with Crippen molar-refractivity contribution < 1.29 is 17.6 Å². The summed E-state index contributed by atoms with van der Waals surface area (Å²) in [6.07, 6.45) is 3.23. The van der Waals surface area contributed by atoms with Crippen molar-refractivity contribution in [3.05, 3.63) is 70.6 Å². The van der Waals surface area contributed by atoms with E-state index in [-0.39, 0.29) is 24.8 Å². The van der Waals surface area contributed by atoms with Crippen molar-refractivity contribution in [2.24, 2.45) is 0 Å². The van der Waals surface area contributed by atoms with E-state index in [1.807, 2.05) is 13.8 Å². The lowest BCUT2D eigenvalue weighted by Gasteiger charge is -2.33. The molecule has 0 saturated carbocycles. The Morgan fingerprint density at radius 2 is 1.78 bits per heavy atom. The number of halogens is 1. The predicted molar refractivity (Wildman–Crippen MR) is 122 cm³/mol.